The van der Waals surface area contributed by atoms with Crippen LogP contribution in [0.25, 0.3) is 0 Å². The maximum atomic E-state index is 12.7. The van der Waals surface area contributed by atoms with Gasteiger partial charge in [-0.15, -0.1) is 0 Å². The predicted molar refractivity (Wildman–Crippen MR) is 105 cm³/mol. The Kier molecular flexibility index (Phi) is 9.18. The number of aliphatic hydroxyl groups excluding tert-OH is 1. The van der Waals surface area contributed by atoms with E-state index in [0.29, 0.717) is 17.1 Å². The molecule has 8 heteroatoms. The van der Waals surface area contributed by atoms with E-state index in [9.17, 15) is 19.5 Å². The second-order valence-electron chi connectivity index (χ2n) is 6.15. The number of esters is 2. The van der Waals surface area contributed by atoms with Gasteiger partial charge in [-0.1, -0.05) is 0 Å². The summed E-state index contributed by atoms with van der Waals surface area (Å²) in [4.78, 5) is 37.9. The van der Waals surface area contributed by atoms with Crippen molar-refractivity contribution >= 4 is 17.7 Å². The van der Waals surface area contributed by atoms with Gasteiger partial charge in [0.25, 0.3) is 0 Å². The van der Waals surface area contributed by atoms with Crippen LogP contribution >= 0.6 is 0 Å². The van der Waals surface area contributed by atoms with Crippen molar-refractivity contribution < 1.29 is 38.4 Å². The molecule has 1 aromatic rings. The van der Waals surface area contributed by atoms with Gasteiger partial charge in [0, 0.05) is 11.5 Å². The van der Waals surface area contributed by atoms with Crippen LogP contribution in [0.2, 0.25) is 0 Å². The van der Waals surface area contributed by atoms with Crippen LogP contribution in [0.4, 0.5) is 0 Å². The zero-order chi connectivity index (χ0) is 22.1. The number of carbonyl (C=O) groups is 3. The molecule has 0 saturated carbocycles. The van der Waals surface area contributed by atoms with Crippen molar-refractivity contribution in [2.24, 2.45) is 5.92 Å². The van der Waals surface area contributed by atoms with Gasteiger partial charge in [-0.3, -0.25) is 9.59 Å². The molecule has 0 aliphatic heterocycles. The molecule has 0 heterocycles. The largest absolute Gasteiger partial charge is 0.512 e. The third-order valence-electron chi connectivity index (χ3n) is 4.28. The Morgan fingerprint density at radius 3 is 2.07 bits per heavy atom. The fraction of sp³-hybridized carbons (Fsp3) is 0.476. The molecular weight excluding hydrogens is 380 g/mol. The molecule has 0 saturated heterocycles. The van der Waals surface area contributed by atoms with Crippen molar-refractivity contribution in [3.63, 3.8) is 0 Å². The van der Waals surface area contributed by atoms with Crippen molar-refractivity contribution in [2.75, 3.05) is 27.4 Å². The van der Waals surface area contributed by atoms with Crippen LogP contribution < -0.4 is 9.47 Å². The van der Waals surface area contributed by atoms with Crippen LogP contribution in [-0.4, -0.2) is 50.3 Å². The lowest BCUT2D eigenvalue weighted by molar-refractivity contribution is -0.152. The minimum Gasteiger partial charge on any atom is -0.512 e. The van der Waals surface area contributed by atoms with Crippen LogP contribution in [0.3, 0.4) is 0 Å². The van der Waals surface area contributed by atoms with E-state index in [1.165, 1.54) is 28.1 Å². The highest BCUT2D eigenvalue weighted by Crippen LogP contribution is 2.41. The van der Waals surface area contributed by atoms with E-state index < -0.39 is 29.6 Å². The van der Waals surface area contributed by atoms with Gasteiger partial charge in [0.15, 0.2) is 0 Å². The van der Waals surface area contributed by atoms with Gasteiger partial charge >= 0.3 is 11.9 Å². The fourth-order valence-corrected chi connectivity index (χ4v) is 3.06. The van der Waals surface area contributed by atoms with E-state index in [1.54, 1.807) is 32.0 Å². The Morgan fingerprint density at radius 2 is 1.62 bits per heavy atom. The number of carbonyl (C=O) groups excluding carboxylic acids is 3. The minimum atomic E-state index is -1.41. The molecule has 0 aliphatic rings. The molecule has 160 valence electrons. The molecule has 0 fully saturated rings. The minimum absolute atomic E-state index is 0.0428. The molecule has 0 bridgehead atoms. The summed E-state index contributed by atoms with van der Waals surface area (Å²) in [6, 6.07) is 4.76. The second kappa shape index (κ2) is 11.1. The molecule has 29 heavy (non-hydrogen) atoms. The van der Waals surface area contributed by atoms with Gasteiger partial charge in [-0.2, -0.15) is 0 Å². The summed E-state index contributed by atoms with van der Waals surface area (Å²) in [5.41, 5.74) is 0.0724. The van der Waals surface area contributed by atoms with Gasteiger partial charge in [-0.05, 0) is 45.9 Å². The fourth-order valence-electron chi connectivity index (χ4n) is 3.06. The lowest BCUT2D eigenvalue weighted by Crippen LogP contribution is -2.34. The Hall–Kier alpha value is -3.03. The average Bonchev–Trinajstić information content (AvgIpc) is 2.66. The van der Waals surface area contributed by atoms with Crippen molar-refractivity contribution in [1.82, 2.24) is 0 Å². The summed E-state index contributed by atoms with van der Waals surface area (Å²) in [6.45, 7) is 5.81. The van der Waals surface area contributed by atoms with E-state index in [4.69, 9.17) is 18.9 Å². The molecular formula is C21H28O8. The number of Topliss-reactive ketones (excluding diaryl/α,β-unsaturated/α-hetero) is 1. The van der Waals surface area contributed by atoms with Crippen molar-refractivity contribution in [1.29, 1.82) is 0 Å². The van der Waals surface area contributed by atoms with Gasteiger partial charge in [0.05, 0.1) is 33.0 Å². The molecule has 0 aromatic heterocycles. The first-order chi connectivity index (χ1) is 13.7. The number of benzene rings is 1. The smallest absolute Gasteiger partial charge is 0.338 e. The molecule has 1 aromatic carbocycles. The van der Waals surface area contributed by atoms with Crippen LogP contribution in [0, 0.1) is 5.92 Å². The number of ketones is 1. The molecule has 0 aliphatic carbocycles. The van der Waals surface area contributed by atoms with E-state index in [1.807, 2.05) is 0 Å². The van der Waals surface area contributed by atoms with Gasteiger partial charge in [0.2, 0.25) is 0 Å². The number of methoxy groups -OCH3 is 2. The molecule has 1 N–H and O–H groups in total. The quantitative estimate of drug-likeness (QED) is 0.272. The SMILES string of the molecule is CCOC(=O)/C(=C(\C)O)C(c1cc(OC)ccc1OC)C(C(C)=O)C(=O)OCC. The topological polar surface area (TPSA) is 108 Å². The highest BCUT2D eigenvalue weighted by atomic mass is 16.5. The van der Waals surface area contributed by atoms with E-state index in [-0.39, 0.29) is 24.5 Å². The standard InChI is InChI=1S/C21H28O8/c1-7-28-20(24)17(12(3)22)19(18(13(4)23)21(25)29-8-2)15-11-14(26-5)9-10-16(15)27-6/h9-11,17,19,23H,7-8H2,1-6H3/b18-13+. The number of aliphatic hydroxyl groups is 1. The zero-order valence-corrected chi connectivity index (χ0v) is 17.6. The van der Waals surface area contributed by atoms with Crippen molar-refractivity contribution in [2.45, 2.75) is 33.6 Å². The van der Waals surface area contributed by atoms with Crippen LogP contribution in [0.15, 0.2) is 29.5 Å². The first-order valence-electron chi connectivity index (χ1n) is 9.19. The van der Waals surface area contributed by atoms with E-state index in [0.717, 1.165) is 0 Å². The lowest BCUT2D eigenvalue weighted by atomic mass is 9.77. The second-order valence-corrected chi connectivity index (χ2v) is 6.15. The van der Waals surface area contributed by atoms with Gasteiger partial charge in [-0.25, -0.2) is 4.79 Å². The normalized spacial score (nSPS) is 13.6. The maximum absolute atomic E-state index is 12.7. The Bertz CT molecular complexity index is 777. The monoisotopic (exact) mass is 408 g/mol. The highest BCUT2D eigenvalue weighted by molar-refractivity contribution is 6.02. The van der Waals surface area contributed by atoms with Crippen molar-refractivity contribution in [3.05, 3.63) is 35.1 Å². The van der Waals surface area contributed by atoms with Crippen LogP contribution in [-0.2, 0) is 23.9 Å². The molecule has 2 unspecified atom stereocenters. The average molecular weight is 408 g/mol. The summed E-state index contributed by atoms with van der Waals surface area (Å²) in [7, 11) is 2.86. The summed E-state index contributed by atoms with van der Waals surface area (Å²) < 4.78 is 20.8. The number of ether oxygens (including phenoxy) is 4. The number of rotatable bonds is 10. The number of allylic oxidation sites excluding steroid dienone is 1. The first-order valence-corrected chi connectivity index (χ1v) is 9.19. The van der Waals surface area contributed by atoms with Gasteiger partial charge in [0.1, 0.15) is 29.0 Å². The lowest BCUT2D eigenvalue weighted by Gasteiger charge is -2.27. The number of hydrogen-bond acceptors (Lipinski definition) is 8. The predicted octanol–water partition coefficient (Wildman–Crippen LogP) is 2.95. The summed E-state index contributed by atoms with van der Waals surface area (Å²) in [6.07, 6.45) is 0. The Labute approximate surface area is 170 Å². The summed E-state index contributed by atoms with van der Waals surface area (Å²) in [5, 5.41) is 10.3. The van der Waals surface area contributed by atoms with E-state index in [2.05, 4.69) is 0 Å². The number of hydrogen-bond donors (Lipinski definition) is 1. The molecule has 0 spiro atoms. The third kappa shape index (κ3) is 5.73. The molecule has 2 atom stereocenters. The molecule has 0 amide bonds. The zero-order valence-electron chi connectivity index (χ0n) is 17.6. The maximum Gasteiger partial charge on any atom is 0.338 e. The third-order valence-corrected chi connectivity index (χ3v) is 4.28. The Morgan fingerprint density at radius 1 is 1.00 bits per heavy atom. The van der Waals surface area contributed by atoms with Crippen molar-refractivity contribution in [3.8, 4) is 11.5 Å². The first kappa shape index (κ1) is 24.0. The van der Waals surface area contributed by atoms with Crippen LogP contribution in [0.1, 0.15) is 39.2 Å². The van der Waals surface area contributed by atoms with Gasteiger partial charge < -0.3 is 24.1 Å². The molecule has 1 rings (SSSR count). The summed E-state index contributed by atoms with van der Waals surface area (Å²) >= 11 is 0. The molecule has 0 radical (unpaired) electrons. The van der Waals surface area contributed by atoms with E-state index >= 15 is 0 Å². The van der Waals surface area contributed by atoms with Crippen LogP contribution in [0.5, 0.6) is 11.5 Å². The molecule has 8 nitrogen and oxygen atoms in total. The Balaban J connectivity index is 3.87. The summed E-state index contributed by atoms with van der Waals surface area (Å²) in [5.74, 6) is -4.49. The highest BCUT2D eigenvalue weighted by Gasteiger charge is 2.42.